The molecule has 1 amide bonds. The second-order valence-corrected chi connectivity index (χ2v) is 8.26. The van der Waals surface area contributed by atoms with Crippen molar-refractivity contribution >= 4 is 17.2 Å². The van der Waals surface area contributed by atoms with Gasteiger partial charge in [0.05, 0.1) is 24.3 Å². The molecule has 168 valence electrons. The van der Waals surface area contributed by atoms with Gasteiger partial charge in [-0.1, -0.05) is 54.6 Å². The third-order valence-electron chi connectivity index (χ3n) is 5.04. The molecule has 1 heterocycles. The number of nitrogens with one attached hydrogen (secondary N) is 1. The molecule has 5 nitrogen and oxygen atoms in total. The lowest BCUT2D eigenvalue weighted by atomic mass is 10.1. The predicted octanol–water partition coefficient (Wildman–Crippen LogP) is 5.65. The molecule has 0 spiro atoms. The Kier molecular flexibility index (Phi) is 7.72. The number of para-hydroxylation sites is 2. The highest BCUT2D eigenvalue weighted by Crippen LogP contribution is 2.32. The van der Waals surface area contributed by atoms with E-state index in [4.69, 9.17) is 9.47 Å². The van der Waals surface area contributed by atoms with Gasteiger partial charge in [-0.15, -0.1) is 11.3 Å². The first kappa shape index (κ1) is 22.6. The number of hydrogen-bond donors (Lipinski definition) is 1. The van der Waals surface area contributed by atoms with Crippen LogP contribution in [0.3, 0.4) is 0 Å². The van der Waals surface area contributed by atoms with Gasteiger partial charge in [0.15, 0.2) is 0 Å². The van der Waals surface area contributed by atoms with Crippen LogP contribution >= 0.6 is 11.3 Å². The first-order chi connectivity index (χ1) is 16.2. The molecule has 0 fully saturated rings. The van der Waals surface area contributed by atoms with Crippen LogP contribution in [0, 0.1) is 0 Å². The van der Waals surface area contributed by atoms with Crippen molar-refractivity contribution in [2.45, 2.75) is 26.5 Å². The lowest BCUT2D eigenvalue weighted by molar-refractivity contribution is -0.120. The highest BCUT2D eigenvalue weighted by molar-refractivity contribution is 7.13. The van der Waals surface area contributed by atoms with Crippen LogP contribution in [-0.2, 0) is 24.4 Å². The quantitative estimate of drug-likeness (QED) is 0.334. The van der Waals surface area contributed by atoms with E-state index in [1.165, 1.54) is 11.3 Å². The third kappa shape index (κ3) is 6.20. The summed E-state index contributed by atoms with van der Waals surface area (Å²) in [4.78, 5) is 17.2. The molecule has 1 aromatic heterocycles. The molecule has 0 atom stereocenters. The van der Waals surface area contributed by atoms with E-state index >= 15 is 0 Å². The second-order valence-electron chi connectivity index (χ2n) is 7.40. The summed E-state index contributed by atoms with van der Waals surface area (Å²) in [6, 6.07) is 25.5. The Labute approximate surface area is 198 Å². The summed E-state index contributed by atoms with van der Waals surface area (Å²) >= 11 is 1.52. The van der Waals surface area contributed by atoms with E-state index in [1.807, 2.05) is 91.2 Å². The van der Waals surface area contributed by atoms with Gasteiger partial charge in [0.1, 0.15) is 23.1 Å². The van der Waals surface area contributed by atoms with Gasteiger partial charge in [0.2, 0.25) is 5.91 Å². The highest BCUT2D eigenvalue weighted by atomic mass is 32.1. The van der Waals surface area contributed by atoms with Crippen molar-refractivity contribution in [2.75, 3.05) is 6.61 Å². The molecule has 6 heteroatoms. The van der Waals surface area contributed by atoms with Crippen LogP contribution in [0.5, 0.6) is 11.5 Å². The van der Waals surface area contributed by atoms with E-state index in [1.54, 1.807) is 0 Å². The van der Waals surface area contributed by atoms with Crippen molar-refractivity contribution in [2.24, 2.45) is 0 Å². The Morgan fingerprint density at radius 3 is 2.45 bits per heavy atom. The number of rotatable bonds is 10. The molecule has 3 aromatic carbocycles. The fourth-order valence-corrected chi connectivity index (χ4v) is 4.26. The van der Waals surface area contributed by atoms with Crippen molar-refractivity contribution in [3.05, 3.63) is 101 Å². The van der Waals surface area contributed by atoms with Crippen LogP contribution in [-0.4, -0.2) is 17.5 Å². The fraction of sp³-hybridized carbons (Fsp3) is 0.185. The lowest BCUT2D eigenvalue weighted by Crippen LogP contribution is -2.25. The average molecular weight is 459 g/mol. The van der Waals surface area contributed by atoms with Gasteiger partial charge < -0.3 is 14.8 Å². The van der Waals surface area contributed by atoms with E-state index in [-0.39, 0.29) is 12.3 Å². The van der Waals surface area contributed by atoms with Gasteiger partial charge in [-0.05, 0) is 42.3 Å². The highest BCUT2D eigenvalue weighted by Gasteiger charge is 2.13. The van der Waals surface area contributed by atoms with E-state index in [2.05, 4.69) is 10.3 Å². The van der Waals surface area contributed by atoms with Crippen LogP contribution in [0.2, 0.25) is 0 Å². The molecule has 0 unspecified atom stereocenters. The van der Waals surface area contributed by atoms with Crippen molar-refractivity contribution in [1.29, 1.82) is 0 Å². The number of hydrogen-bond acceptors (Lipinski definition) is 5. The lowest BCUT2D eigenvalue weighted by Gasteiger charge is -2.12. The number of benzene rings is 3. The smallest absolute Gasteiger partial charge is 0.226 e. The van der Waals surface area contributed by atoms with Gasteiger partial charge in [0, 0.05) is 11.9 Å². The first-order valence-corrected chi connectivity index (χ1v) is 11.8. The number of aromatic nitrogens is 1. The molecule has 0 aliphatic heterocycles. The summed E-state index contributed by atoms with van der Waals surface area (Å²) in [6.07, 6.45) is 0.232. The molecular formula is C27H26N2O3S. The third-order valence-corrected chi connectivity index (χ3v) is 5.97. The van der Waals surface area contributed by atoms with E-state index < -0.39 is 0 Å². The van der Waals surface area contributed by atoms with Crippen molar-refractivity contribution < 1.29 is 14.3 Å². The maximum atomic E-state index is 12.6. The second kappa shape index (κ2) is 11.3. The zero-order valence-electron chi connectivity index (χ0n) is 18.5. The first-order valence-electron chi connectivity index (χ1n) is 10.9. The van der Waals surface area contributed by atoms with Crippen LogP contribution in [0.4, 0.5) is 0 Å². The minimum Gasteiger partial charge on any atom is -0.493 e. The Morgan fingerprint density at radius 2 is 1.64 bits per heavy atom. The number of carbonyl (C=O) groups is 1. The van der Waals surface area contributed by atoms with Crippen LogP contribution < -0.4 is 14.8 Å². The molecule has 0 bridgehead atoms. The summed E-state index contributed by atoms with van der Waals surface area (Å²) in [6.45, 7) is 3.44. The van der Waals surface area contributed by atoms with Crippen LogP contribution in [0.1, 0.15) is 23.7 Å². The van der Waals surface area contributed by atoms with Gasteiger partial charge >= 0.3 is 0 Å². The van der Waals surface area contributed by atoms with Crippen molar-refractivity contribution in [3.8, 4) is 22.1 Å². The molecule has 4 rings (SSSR count). The maximum absolute atomic E-state index is 12.6. The fourth-order valence-electron chi connectivity index (χ4n) is 3.41. The predicted molar refractivity (Wildman–Crippen MR) is 131 cm³/mol. The minimum atomic E-state index is -0.0660. The molecule has 4 aromatic rings. The zero-order valence-corrected chi connectivity index (χ0v) is 19.3. The Bertz CT molecular complexity index is 1190. The van der Waals surface area contributed by atoms with Crippen LogP contribution in [0.15, 0.2) is 84.2 Å². The van der Waals surface area contributed by atoms with Crippen molar-refractivity contribution in [3.63, 3.8) is 0 Å². The number of nitrogens with zero attached hydrogens (tertiary/aromatic N) is 1. The summed E-state index contributed by atoms with van der Waals surface area (Å²) in [5.41, 5.74) is 3.78. The minimum absolute atomic E-state index is 0.0660. The SMILES string of the molecule is CCOc1ccccc1-c1nc(CC(=O)NCc2ccccc2COc2ccccc2)cs1. The molecule has 0 aliphatic carbocycles. The maximum Gasteiger partial charge on any atom is 0.226 e. The molecule has 0 saturated heterocycles. The standard InChI is InChI=1S/C27H26N2O3S/c1-2-31-25-15-9-8-14-24(25)27-29-22(19-33-27)16-26(30)28-17-20-10-6-7-11-21(20)18-32-23-12-4-3-5-13-23/h3-15,19H,2,16-18H2,1H3,(H,28,30). The summed E-state index contributed by atoms with van der Waals surface area (Å²) in [5.74, 6) is 1.56. The summed E-state index contributed by atoms with van der Waals surface area (Å²) < 4.78 is 11.6. The molecule has 1 N–H and O–H groups in total. The largest absolute Gasteiger partial charge is 0.493 e. The number of carbonyl (C=O) groups excluding carboxylic acids is 1. The van der Waals surface area contributed by atoms with E-state index in [0.29, 0.717) is 19.8 Å². The topological polar surface area (TPSA) is 60.5 Å². The van der Waals surface area contributed by atoms with Gasteiger partial charge in [-0.2, -0.15) is 0 Å². The van der Waals surface area contributed by atoms with E-state index in [9.17, 15) is 4.79 Å². The Hall–Kier alpha value is -3.64. The number of amides is 1. The Morgan fingerprint density at radius 1 is 0.909 bits per heavy atom. The van der Waals surface area contributed by atoms with Gasteiger partial charge in [-0.3, -0.25) is 4.79 Å². The average Bonchev–Trinajstić information content (AvgIpc) is 3.31. The number of thiazole rings is 1. The summed E-state index contributed by atoms with van der Waals surface area (Å²) in [5, 5.41) is 5.79. The molecular weight excluding hydrogens is 432 g/mol. The summed E-state index contributed by atoms with van der Waals surface area (Å²) in [7, 11) is 0. The monoisotopic (exact) mass is 458 g/mol. The van der Waals surface area contributed by atoms with Crippen molar-refractivity contribution in [1.82, 2.24) is 10.3 Å². The molecule has 0 aliphatic rings. The zero-order chi connectivity index (χ0) is 22.9. The van der Waals surface area contributed by atoms with Gasteiger partial charge in [0.25, 0.3) is 0 Å². The molecule has 0 saturated carbocycles. The Balaban J connectivity index is 1.34. The van der Waals surface area contributed by atoms with Crippen LogP contribution in [0.25, 0.3) is 10.6 Å². The normalized spacial score (nSPS) is 10.6. The molecule has 0 radical (unpaired) electrons. The van der Waals surface area contributed by atoms with E-state index in [0.717, 1.165) is 38.9 Å². The molecule has 33 heavy (non-hydrogen) atoms. The van der Waals surface area contributed by atoms with Gasteiger partial charge in [-0.25, -0.2) is 4.98 Å². The number of ether oxygens (including phenoxy) is 2.